The normalized spacial score (nSPS) is 11.8. The van der Waals surface area contributed by atoms with Crippen LogP contribution >= 0.6 is 69.6 Å². The van der Waals surface area contributed by atoms with Crippen molar-refractivity contribution >= 4 is 199 Å². The van der Waals surface area contributed by atoms with E-state index in [1.807, 2.05) is 0 Å². The standard InChI is InChI=1S/C144H186Cl6/c1-13-25-37-49-61-103-91-134-104(62-50-38-26-14-2)92-133(103)115-73-117(81-127(145)79-115)135-93-106(64-52-40-28-16-4)137(94-105(135)63-51-39-27-15-3)119-75-121(85-129(147)83-119)139-97-110(68-56-44-32-20-8)141(98-109(139)67-55-43-31-19-7)123-77-125(89-131(149)87-123)143-101-114(72-60-48-36-24-12)144(102-113(143)71-59-47-35-23-11)126-78-124(88-132(150)90-126)142-100-111(69-57-45-33-21-9)140(99-112(142)70-58-46-34-22-10)122-76-120(84-130(148)86-122)138-96-107(65-53-41-29-17-5)136(95-108(138)66-54-42-30-18-6)118-74-116(134)80-128(146)82-118/h73-102H,13-72H2,1-12H3. The second kappa shape index (κ2) is 64.2. The smallest absolute Gasteiger partial charge is 0.0418 e. The minimum absolute atomic E-state index is 0.776. The van der Waals surface area contributed by atoms with E-state index in [4.69, 9.17) is 69.6 Å². The fraction of sp³-hybridized carbons (Fsp3) is 0.500. The quantitative estimate of drug-likeness (QED) is 0.0333. The topological polar surface area (TPSA) is 0 Å². The number of hydrogen-bond donors (Lipinski definition) is 0. The van der Waals surface area contributed by atoms with Crippen LogP contribution in [0.5, 0.6) is 0 Å². The van der Waals surface area contributed by atoms with Crippen LogP contribution in [-0.4, -0.2) is 0 Å². The summed E-state index contributed by atoms with van der Waals surface area (Å²) in [6, 6.07) is 74.4. The molecular formula is C144H186Cl6. The molecule has 0 aliphatic heterocycles. The molecule has 0 fully saturated rings. The van der Waals surface area contributed by atoms with Gasteiger partial charge in [0.2, 0.25) is 0 Å². The van der Waals surface area contributed by atoms with E-state index in [-0.39, 0.29) is 0 Å². The zero-order chi connectivity index (χ0) is 106. The molecule has 0 saturated heterocycles. The molecule has 0 N–H and O–H groups in total. The van der Waals surface area contributed by atoms with Gasteiger partial charge in [-0.2, -0.15) is 0 Å². The van der Waals surface area contributed by atoms with Crippen molar-refractivity contribution in [2.75, 3.05) is 0 Å². The lowest BCUT2D eigenvalue weighted by Crippen LogP contribution is -1.96. The number of halogens is 6. The number of aryl methyl sites for hydroxylation is 12. The van der Waals surface area contributed by atoms with Crippen LogP contribution in [0.1, 0.15) is 458 Å². The van der Waals surface area contributed by atoms with E-state index >= 15 is 0 Å². The van der Waals surface area contributed by atoms with Crippen molar-refractivity contribution in [2.45, 2.75) is 468 Å². The zero-order valence-corrected chi connectivity index (χ0v) is 99.6. The maximum absolute atomic E-state index is 7.89. The lowest BCUT2D eigenvalue weighted by Gasteiger charge is -2.16. The van der Waals surface area contributed by atoms with Crippen molar-refractivity contribution in [2.24, 2.45) is 0 Å². The molecule has 28 aromatic rings. The Morgan fingerprint density at radius 3 is 0.253 bits per heavy atom. The Kier molecular flexibility index (Phi) is 51.1. The monoisotopic (exact) mass is 2130 g/mol. The van der Waals surface area contributed by atoms with Crippen LogP contribution < -0.4 is 0 Å². The van der Waals surface area contributed by atoms with Gasteiger partial charge in [-0.05, 0) is 459 Å². The molecule has 0 spiro atoms. The molecule has 28 aromatic carbocycles. The highest BCUT2D eigenvalue weighted by molar-refractivity contribution is 6.35. The SMILES string of the molecule is CCCCCCc1cc2c(CCCCCC)cc1c1cc(Cl)cc(c1)c1cc(CCCCCC)c(cc1CCCCCC)c1cc(Cl)cc(c1)c1cc(CCCCCC)c(cc1CCCCCC)c1cc(Cl)cc(c1)c1cc(CCCCCC)c(cc1CCCCCC)c1cc(Cl)cc(c1)c1cc(CCCCCC)c(cc1CCCCCC)c1cc(Cl)cc(c1)c1cc(CCCCCC)c(cc1CCCCCC)c1cc(Cl)cc2c1. The van der Waals surface area contributed by atoms with E-state index in [2.05, 4.69) is 265 Å². The Labute approximate surface area is 938 Å². The average molecular weight is 2130 g/mol. The summed E-state index contributed by atoms with van der Waals surface area (Å²) in [5, 5.41) is 34.7. The molecule has 24 bridgehead atoms. The largest absolute Gasteiger partial charge is 0.0843 e. The van der Waals surface area contributed by atoms with Gasteiger partial charge >= 0.3 is 0 Å². The molecule has 0 unspecified atom stereocenters. The minimum atomic E-state index is 0.776. The Bertz CT molecular complexity index is 5500. The highest BCUT2D eigenvalue weighted by atomic mass is 35.5. The molecule has 0 aromatic heterocycles. The molecule has 6 heteroatoms. The number of benzene rings is 12. The highest BCUT2D eigenvalue weighted by Crippen LogP contribution is 2.44. The van der Waals surface area contributed by atoms with Gasteiger partial charge in [-0.15, -0.1) is 0 Å². The molecule has 804 valence electrons. The molecule has 0 saturated carbocycles. The van der Waals surface area contributed by atoms with Gasteiger partial charge in [-0.3, -0.25) is 0 Å². The summed E-state index contributed by atoms with van der Waals surface area (Å²) in [4.78, 5) is 0. The maximum Gasteiger partial charge on any atom is 0.0418 e. The summed E-state index contributed by atoms with van der Waals surface area (Å²) in [5.74, 6) is 0. The van der Waals surface area contributed by atoms with Gasteiger partial charge in [0.05, 0.1) is 0 Å². The number of rotatable bonds is 60. The van der Waals surface area contributed by atoms with E-state index in [0.717, 1.165) is 184 Å². The van der Waals surface area contributed by atoms with E-state index in [9.17, 15) is 0 Å². The first-order chi connectivity index (χ1) is 73.3. The average Bonchev–Trinajstić information content (AvgIpc) is 0.764. The summed E-state index contributed by atoms with van der Waals surface area (Å²) >= 11 is 47.3. The molecule has 0 amide bonds. The van der Waals surface area contributed by atoms with E-state index in [1.165, 1.54) is 427 Å². The molecular weight excluding hydrogens is 1940 g/mol. The van der Waals surface area contributed by atoms with Crippen LogP contribution in [0.4, 0.5) is 0 Å². The third-order valence-corrected chi connectivity index (χ3v) is 34.0. The first-order valence-corrected chi connectivity index (χ1v) is 63.5. The summed E-state index contributed by atoms with van der Waals surface area (Å²) in [5.41, 5.74) is 16.6. The molecule has 0 atom stereocenters. The van der Waals surface area contributed by atoms with Crippen molar-refractivity contribution in [3.63, 3.8) is 0 Å². The summed E-state index contributed by atoms with van der Waals surface area (Å²) in [7, 11) is 0. The minimum Gasteiger partial charge on any atom is -0.0843 e. The van der Waals surface area contributed by atoms with Crippen LogP contribution in [-0.2, 0) is 77.0 Å². The van der Waals surface area contributed by atoms with Gasteiger partial charge in [-0.1, -0.05) is 457 Å². The zero-order valence-electron chi connectivity index (χ0n) is 95.0. The summed E-state index contributed by atoms with van der Waals surface area (Å²) < 4.78 is 0. The van der Waals surface area contributed by atoms with Crippen LogP contribution in [0, 0.1) is 0 Å². The van der Waals surface area contributed by atoms with Crippen molar-refractivity contribution in [1.82, 2.24) is 0 Å². The molecule has 150 heavy (non-hydrogen) atoms. The molecule has 0 heterocycles. The third kappa shape index (κ3) is 34.7. The first-order valence-electron chi connectivity index (χ1n) is 61.2. The lowest BCUT2D eigenvalue weighted by atomic mass is 9.89. The summed E-state index contributed by atoms with van der Waals surface area (Å²) in [6.45, 7) is 28.1. The van der Waals surface area contributed by atoms with Gasteiger partial charge in [0, 0.05) is 30.1 Å². The summed E-state index contributed by atoms with van der Waals surface area (Å²) in [6.07, 6.45) is 67.5. The van der Waals surface area contributed by atoms with Gasteiger partial charge in [0.15, 0.2) is 0 Å². The molecule has 0 radical (unpaired) electrons. The Balaban J connectivity index is 1.25. The van der Waals surface area contributed by atoms with Crippen molar-refractivity contribution in [3.05, 3.63) is 279 Å². The Hall–Kier alpha value is -7.62. The number of unbranched alkanes of at least 4 members (excludes halogenated alkanes) is 36. The predicted octanol–water partition coefficient (Wildman–Crippen LogP) is 50.0. The van der Waals surface area contributed by atoms with Gasteiger partial charge < -0.3 is 0 Å². The molecule has 0 aliphatic rings. The molecule has 0 aliphatic carbocycles. The van der Waals surface area contributed by atoms with Gasteiger partial charge in [0.25, 0.3) is 0 Å². The van der Waals surface area contributed by atoms with Crippen LogP contribution in [0.2, 0.25) is 30.1 Å². The molecule has 0 nitrogen and oxygen atoms in total. The van der Waals surface area contributed by atoms with Crippen molar-refractivity contribution < 1.29 is 0 Å². The predicted molar refractivity (Wildman–Crippen MR) is 680 cm³/mol. The highest BCUT2D eigenvalue weighted by Gasteiger charge is 2.21. The van der Waals surface area contributed by atoms with Crippen molar-refractivity contribution in [1.29, 1.82) is 0 Å². The third-order valence-electron chi connectivity index (χ3n) is 32.7. The van der Waals surface area contributed by atoms with Crippen LogP contribution in [0.15, 0.2) is 182 Å². The molecule has 28 rings (SSSR count). The second-order valence-electron chi connectivity index (χ2n) is 45.1. The van der Waals surface area contributed by atoms with Crippen LogP contribution in [0.3, 0.4) is 0 Å². The second-order valence-corrected chi connectivity index (χ2v) is 47.7. The van der Waals surface area contributed by atoms with Crippen molar-refractivity contribution in [3.8, 4) is 0 Å². The fourth-order valence-corrected chi connectivity index (χ4v) is 25.6. The van der Waals surface area contributed by atoms with Gasteiger partial charge in [0.1, 0.15) is 0 Å². The Morgan fingerprint density at radius 1 is 0.100 bits per heavy atom. The fourth-order valence-electron chi connectivity index (χ4n) is 24.2. The van der Waals surface area contributed by atoms with E-state index < -0.39 is 0 Å². The lowest BCUT2D eigenvalue weighted by molar-refractivity contribution is 0.666. The van der Waals surface area contributed by atoms with E-state index in [1.54, 1.807) is 0 Å². The van der Waals surface area contributed by atoms with Gasteiger partial charge in [-0.25, -0.2) is 0 Å². The first kappa shape index (κ1) is 119. The maximum atomic E-state index is 7.89. The van der Waals surface area contributed by atoms with Crippen LogP contribution in [0.25, 0.3) is 129 Å². The number of hydrogen-bond acceptors (Lipinski definition) is 0. The Morgan fingerprint density at radius 2 is 0.180 bits per heavy atom. The van der Waals surface area contributed by atoms with E-state index in [0.29, 0.717) is 0 Å².